The van der Waals surface area contributed by atoms with Crippen molar-refractivity contribution in [3.8, 4) is 11.5 Å². The molecular weight excluding hydrogens is 220 g/mol. The van der Waals surface area contributed by atoms with Crippen LogP contribution in [0, 0.1) is 0 Å². The molecule has 2 aromatic rings. The molecule has 0 aliphatic heterocycles. The van der Waals surface area contributed by atoms with Gasteiger partial charge in [0.05, 0.1) is 6.20 Å². The van der Waals surface area contributed by atoms with E-state index >= 15 is 0 Å². The van der Waals surface area contributed by atoms with Gasteiger partial charge in [-0.1, -0.05) is 5.21 Å². The molecule has 2 aromatic heterocycles. The molecule has 0 aromatic carbocycles. The summed E-state index contributed by atoms with van der Waals surface area (Å²) in [6, 6.07) is 0. The first-order valence-corrected chi connectivity index (χ1v) is 5.08. The molecule has 0 atom stereocenters. The molecule has 90 valence electrons. The van der Waals surface area contributed by atoms with Crippen LogP contribution in [0.15, 0.2) is 6.20 Å². The summed E-state index contributed by atoms with van der Waals surface area (Å²) in [6.45, 7) is 0. The maximum absolute atomic E-state index is 4.35. The lowest BCUT2D eigenvalue weighted by Gasteiger charge is -2.12. The Balaban J connectivity index is 2.54. The fourth-order valence-electron chi connectivity index (χ4n) is 1.28. The second-order valence-corrected chi connectivity index (χ2v) is 3.67. The summed E-state index contributed by atoms with van der Waals surface area (Å²) < 4.78 is 1.62. The van der Waals surface area contributed by atoms with Crippen molar-refractivity contribution in [2.24, 2.45) is 7.05 Å². The minimum Gasteiger partial charge on any atom is -0.357 e. The van der Waals surface area contributed by atoms with E-state index < -0.39 is 0 Å². The van der Waals surface area contributed by atoms with Crippen molar-refractivity contribution in [2.45, 2.75) is 0 Å². The molecule has 1 N–H and O–H groups in total. The Morgan fingerprint density at radius 1 is 1.24 bits per heavy atom. The molecule has 0 spiro atoms. The zero-order valence-electron chi connectivity index (χ0n) is 10.2. The van der Waals surface area contributed by atoms with E-state index in [1.807, 2.05) is 19.0 Å². The minimum absolute atomic E-state index is 0.514. The summed E-state index contributed by atoms with van der Waals surface area (Å²) >= 11 is 0. The Kier molecular flexibility index (Phi) is 2.86. The number of hydrogen-bond donors (Lipinski definition) is 1. The van der Waals surface area contributed by atoms with Gasteiger partial charge in [-0.2, -0.15) is 15.0 Å². The van der Waals surface area contributed by atoms with Crippen molar-refractivity contribution in [3.05, 3.63) is 6.20 Å². The smallest absolute Gasteiger partial charge is 0.230 e. The van der Waals surface area contributed by atoms with E-state index in [4.69, 9.17) is 0 Å². The fourth-order valence-corrected chi connectivity index (χ4v) is 1.28. The van der Waals surface area contributed by atoms with Crippen molar-refractivity contribution < 1.29 is 0 Å². The van der Waals surface area contributed by atoms with E-state index in [2.05, 4.69) is 30.6 Å². The van der Waals surface area contributed by atoms with Crippen LogP contribution < -0.4 is 10.2 Å². The molecule has 0 fully saturated rings. The largest absolute Gasteiger partial charge is 0.357 e. The van der Waals surface area contributed by atoms with Gasteiger partial charge in [0.2, 0.25) is 11.9 Å². The van der Waals surface area contributed by atoms with Gasteiger partial charge in [0.25, 0.3) is 0 Å². The van der Waals surface area contributed by atoms with Gasteiger partial charge in [0.15, 0.2) is 5.82 Å². The van der Waals surface area contributed by atoms with Gasteiger partial charge >= 0.3 is 0 Å². The lowest BCUT2D eigenvalue weighted by molar-refractivity contribution is 0.716. The van der Waals surface area contributed by atoms with Gasteiger partial charge in [-0.25, -0.2) is 4.68 Å². The van der Waals surface area contributed by atoms with E-state index in [-0.39, 0.29) is 0 Å². The van der Waals surface area contributed by atoms with Gasteiger partial charge in [0, 0.05) is 28.2 Å². The first kappa shape index (κ1) is 11.2. The molecule has 8 nitrogen and oxygen atoms in total. The zero-order chi connectivity index (χ0) is 12.4. The molecule has 0 unspecified atom stereocenters. The molecule has 0 aliphatic carbocycles. The Morgan fingerprint density at radius 2 is 2.00 bits per heavy atom. The second kappa shape index (κ2) is 4.32. The highest BCUT2D eigenvalue weighted by Gasteiger charge is 2.12. The van der Waals surface area contributed by atoms with Crippen LogP contribution in [0.3, 0.4) is 0 Å². The molecular formula is C9H14N8. The van der Waals surface area contributed by atoms with Gasteiger partial charge in [-0.15, -0.1) is 5.10 Å². The van der Waals surface area contributed by atoms with Crippen molar-refractivity contribution in [1.29, 1.82) is 0 Å². The van der Waals surface area contributed by atoms with Crippen LogP contribution in [-0.4, -0.2) is 51.1 Å². The van der Waals surface area contributed by atoms with Crippen LogP contribution >= 0.6 is 0 Å². The molecule has 0 bridgehead atoms. The van der Waals surface area contributed by atoms with Crippen LogP contribution in [0.25, 0.3) is 11.5 Å². The third-order valence-corrected chi connectivity index (χ3v) is 2.19. The van der Waals surface area contributed by atoms with Crippen LogP contribution in [0.2, 0.25) is 0 Å². The normalized spacial score (nSPS) is 10.4. The highest BCUT2D eigenvalue weighted by Crippen LogP contribution is 2.16. The number of nitrogens with zero attached hydrogens (tertiary/aromatic N) is 7. The Hall–Kier alpha value is -2.25. The van der Waals surface area contributed by atoms with Crippen molar-refractivity contribution in [1.82, 2.24) is 29.9 Å². The van der Waals surface area contributed by atoms with Crippen LogP contribution in [-0.2, 0) is 7.05 Å². The van der Waals surface area contributed by atoms with Crippen LogP contribution in [0.4, 0.5) is 11.9 Å². The number of anilines is 2. The number of nitrogens with one attached hydrogen (secondary N) is 1. The molecule has 2 rings (SSSR count). The van der Waals surface area contributed by atoms with E-state index in [0.29, 0.717) is 17.7 Å². The summed E-state index contributed by atoms with van der Waals surface area (Å²) in [5, 5.41) is 10.6. The molecule has 0 saturated heterocycles. The van der Waals surface area contributed by atoms with Gasteiger partial charge in [0.1, 0.15) is 5.69 Å². The third kappa shape index (κ3) is 2.14. The predicted octanol–water partition coefficient (Wildman–Crippen LogP) is -0.225. The summed E-state index contributed by atoms with van der Waals surface area (Å²) in [5.74, 6) is 1.64. The quantitative estimate of drug-likeness (QED) is 0.785. The molecule has 0 saturated carbocycles. The molecule has 17 heavy (non-hydrogen) atoms. The van der Waals surface area contributed by atoms with E-state index in [9.17, 15) is 0 Å². The minimum atomic E-state index is 0.514. The summed E-state index contributed by atoms with van der Waals surface area (Å²) in [5.41, 5.74) is 0.743. The highest BCUT2D eigenvalue weighted by molar-refractivity contribution is 5.52. The Labute approximate surface area is 98.7 Å². The first-order valence-electron chi connectivity index (χ1n) is 5.08. The lowest BCUT2D eigenvalue weighted by atomic mass is 10.4. The van der Waals surface area contributed by atoms with Crippen LogP contribution in [0.5, 0.6) is 0 Å². The number of hydrogen-bond acceptors (Lipinski definition) is 7. The zero-order valence-corrected chi connectivity index (χ0v) is 10.2. The van der Waals surface area contributed by atoms with E-state index in [1.165, 1.54) is 0 Å². The van der Waals surface area contributed by atoms with Gasteiger partial charge in [-0.3, -0.25) is 0 Å². The highest BCUT2D eigenvalue weighted by atomic mass is 15.4. The summed E-state index contributed by atoms with van der Waals surface area (Å²) in [4.78, 5) is 14.7. The third-order valence-electron chi connectivity index (χ3n) is 2.19. The van der Waals surface area contributed by atoms with Gasteiger partial charge in [-0.05, 0) is 0 Å². The molecule has 0 aliphatic rings. The number of aryl methyl sites for hydroxylation is 1. The van der Waals surface area contributed by atoms with E-state index in [1.54, 1.807) is 25.0 Å². The Morgan fingerprint density at radius 3 is 2.53 bits per heavy atom. The standard InChI is InChI=1S/C9H14N8/c1-10-8-12-7(6-5-11-15-17(6)4)13-9(14-8)16(2)3/h5H,1-4H3,(H,10,12,13,14). The van der Waals surface area contributed by atoms with Gasteiger partial charge < -0.3 is 10.2 Å². The second-order valence-electron chi connectivity index (χ2n) is 3.67. The van der Waals surface area contributed by atoms with Crippen LogP contribution in [0.1, 0.15) is 0 Å². The first-order chi connectivity index (χ1) is 8.11. The number of rotatable bonds is 3. The maximum atomic E-state index is 4.35. The van der Waals surface area contributed by atoms with Crippen molar-refractivity contribution >= 4 is 11.9 Å². The average molecular weight is 234 g/mol. The fraction of sp³-hybridized carbons (Fsp3) is 0.444. The summed E-state index contributed by atoms with van der Waals surface area (Å²) in [6.07, 6.45) is 1.62. The molecule has 0 amide bonds. The van der Waals surface area contributed by atoms with E-state index in [0.717, 1.165) is 5.69 Å². The number of aromatic nitrogens is 6. The molecule has 0 radical (unpaired) electrons. The average Bonchev–Trinajstić information content (AvgIpc) is 2.74. The monoisotopic (exact) mass is 234 g/mol. The molecule has 8 heteroatoms. The maximum Gasteiger partial charge on any atom is 0.230 e. The topological polar surface area (TPSA) is 84.7 Å². The summed E-state index contributed by atoms with van der Waals surface area (Å²) in [7, 11) is 7.31. The Bertz CT molecular complexity index is 517. The predicted molar refractivity (Wildman–Crippen MR) is 63.7 cm³/mol. The lowest BCUT2D eigenvalue weighted by Crippen LogP contribution is -2.15. The van der Waals surface area contributed by atoms with Crippen molar-refractivity contribution in [2.75, 3.05) is 31.4 Å². The SMILES string of the molecule is CNc1nc(-c2cnnn2C)nc(N(C)C)n1. The molecule has 2 heterocycles. The van der Waals surface area contributed by atoms with Crippen molar-refractivity contribution in [3.63, 3.8) is 0 Å².